The number of hydrogen-bond acceptors (Lipinski definition) is 4. The van der Waals surface area contributed by atoms with E-state index in [1.54, 1.807) is 0 Å². The first-order valence-corrected chi connectivity index (χ1v) is 29.3. The van der Waals surface area contributed by atoms with Gasteiger partial charge in [0.15, 0.2) is 0 Å². The van der Waals surface area contributed by atoms with Crippen LogP contribution >= 0.6 is 0 Å². The molecule has 4 heteroatoms. The van der Waals surface area contributed by atoms with Gasteiger partial charge in [0, 0.05) is 67.6 Å². The summed E-state index contributed by atoms with van der Waals surface area (Å²) in [5, 5.41) is 4.80. The lowest BCUT2D eigenvalue weighted by atomic mass is 9.85. The Labute approximate surface area is 504 Å². The zero-order valence-corrected chi connectivity index (χ0v) is 47.4. The van der Waals surface area contributed by atoms with Crippen molar-refractivity contribution in [1.29, 1.82) is 0 Å². The third-order valence-electron chi connectivity index (χ3n) is 16.0. The fourth-order valence-electron chi connectivity index (χ4n) is 12.0. The van der Waals surface area contributed by atoms with Gasteiger partial charge in [-0.25, -0.2) is 0 Å². The maximum absolute atomic E-state index is 2.36. The molecule has 0 N–H and O–H groups in total. The molecule has 0 atom stereocenters. The molecule has 408 valence electrons. The van der Waals surface area contributed by atoms with E-state index >= 15 is 0 Å². The fraction of sp³-hybridized carbons (Fsp3) is 0. The van der Waals surface area contributed by atoms with E-state index in [9.17, 15) is 0 Å². The van der Waals surface area contributed by atoms with Crippen LogP contribution in [-0.2, 0) is 0 Å². The average Bonchev–Trinajstić information content (AvgIpc) is 2.42. The molecular weight excluding hydrogens is 1040 g/mol. The number of hydrogen-bond donors (Lipinski definition) is 0. The summed E-state index contributed by atoms with van der Waals surface area (Å²) >= 11 is 0. The Bertz CT molecular complexity index is 4270. The summed E-state index contributed by atoms with van der Waals surface area (Å²) in [5.41, 5.74) is 19.7. The number of rotatable bonds is 16. The number of para-hydroxylation sites is 4. The zero-order chi connectivity index (χ0) is 57.4. The number of anilines is 12. The summed E-state index contributed by atoms with van der Waals surface area (Å²) < 4.78 is 0. The minimum atomic E-state index is 1.05. The van der Waals surface area contributed by atoms with Gasteiger partial charge >= 0.3 is 0 Å². The second-order valence-electron chi connectivity index (χ2n) is 21.3. The van der Waals surface area contributed by atoms with Crippen LogP contribution < -0.4 is 19.6 Å². The van der Waals surface area contributed by atoms with E-state index in [1.165, 1.54) is 21.5 Å². The highest BCUT2D eigenvalue weighted by atomic mass is 15.2. The van der Waals surface area contributed by atoms with Crippen molar-refractivity contribution in [2.75, 3.05) is 19.6 Å². The van der Waals surface area contributed by atoms with Crippen LogP contribution in [0.25, 0.3) is 32.7 Å². The van der Waals surface area contributed by atoms with Crippen molar-refractivity contribution in [3.63, 3.8) is 0 Å². The van der Waals surface area contributed by atoms with Gasteiger partial charge in [0.05, 0.1) is 11.4 Å². The maximum atomic E-state index is 2.36. The summed E-state index contributed by atoms with van der Waals surface area (Å²) in [6.45, 7) is 0. The molecular formula is C82H60N4. The fourth-order valence-corrected chi connectivity index (χ4v) is 12.0. The largest absolute Gasteiger partial charge is 0.311 e. The molecule has 0 fully saturated rings. The van der Waals surface area contributed by atoms with E-state index < -0.39 is 0 Å². The van der Waals surface area contributed by atoms with Crippen LogP contribution in [0.5, 0.6) is 0 Å². The topological polar surface area (TPSA) is 13.0 Å². The monoisotopic (exact) mass is 1100 g/mol. The van der Waals surface area contributed by atoms with Gasteiger partial charge < -0.3 is 19.6 Å². The van der Waals surface area contributed by atoms with Crippen molar-refractivity contribution in [3.8, 4) is 0 Å². The first kappa shape index (κ1) is 52.6. The van der Waals surface area contributed by atoms with Gasteiger partial charge in [0.25, 0.3) is 0 Å². The third-order valence-corrected chi connectivity index (χ3v) is 16.0. The Hall–Kier alpha value is -11.5. The maximum Gasteiger partial charge on any atom is 0.0540 e. The molecule has 0 aliphatic heterocycles. The Kier molecular flexibility index (Phi) is 14.8. The normalized spacial score (nSPS) is 11.4. The molecule has 0 aromatic heterocycles. The zero-order valence-electron chi connectivity index (χ0n) is 47.4. The molecule has 14 rings (SSSR count). The molecule has 0 amide bonds. The first-order valence-electron chi connectivity index (χ1n) is 29.3. The molecule has 14 aromatic rings. The van der Waals surface area contributed by atoms with Crippen LogP contribution in [0.3, 0.4) is 0 Å². The van der Waals surface area contributed by atoms with Crippen LogP contribution in [0.15, 0.2) is 364 Å². The first-order chi connectivity index (χ1) is 42.7. The second-order valence-corrected chi connectivity index (χ2v) is 21.3. The molecule has 0 aliphatic rings. The Morgan fingerprint density at radius 1 is 0.151 bits per heavy atom. The van der Waals surface area contributed by atoms with E-state index in [0.717, 1.165) is 102 Å². The van der Waals surface area contributed by atoms with Gasteiger partial charge in [-0.15, -0.1) is 0 Å². The number of fused-ring (bicyclic) bond motifs is 2. The predicted molar refractivity (Wildman–Crippen MR) is 365 cm³/mol. The molecule has 0 saturated heterocycles. The minimum absolute atomic E-state index is 1.05. The van der Waals surface area contributed by atoms with Crippen molar-refractivity contribution in [2.45, 2.75) is 0 Å². The van der Waals surface area contributed by atoms with Crippen molar-refractivity contribution < 1.29 is 0 Å². The highest BCUT2D eigenvalue weighted by Gasteiger charge is 2.22. The van der Waals surface area contributed by atoms with Crippen LogP contribution in [0, 0.1) is 0 Å². The number of nitrogens with zero attached hydrogens (tertiary/aromatic N) is 4. The van der Waals surface area contributed by atoms with E-state index in [-0.39, 0.29) is 0 Å². The summed E-state index contributed by atoms with van der Waals surface area (Å²) in [6.07, 6.45) is 0. The van der Waals surface area contributed by atoms with E-state index in [4.69, 9.17) is 0 Å². The van der Waals surface area contributed by atoms with E-state index in [1.807, 2.05) is 0 Å². The van der Waals surface area contributed by atoms with Crippen molar-refractivity contribution in [2.24, 2.45) is 0 Å². The summed E-state index contributed by atoms with van der Waals surface area (Å²) in [4.78, 5) is 9.40. The molecule has 0 unspecified atom stereocenters. The summed E-state index contributed by atoms with van der Waals surface area (Å²) in [7, 11) is 0. The SMILES string of the molecule is c1ccc(/C(=C(/c2ccccc2)c2ccc(N(c3ccccc3)c3ccc(N(c4ccccc4)c4cccc5ccccc45)cc3)cc2)c2ccc(N(c3ccccc3)c3ccc(N(c4ccccc4)c4cccc5ccccc45)cc3)cc2)cc1. The average molecular weight is 1100 g/mol. The molecule has 4 nitrogen and oxygen atoms in total. The van der Waals surface area contributed by atoms with E-state index in [2.05, 4.69) is 384 Å². The van der Waals surface area contributed by atoms with Crippen molar-refractivity contribution in [1.82, 2.24) is 0 Å². The van der Waals surface area contributed by atoms with Gasteiger partial charge in [-0.2, -0.15) is 0 Å². The smallest absolute Gasteiger partial charge is 0.0540 e. The highest BCUT2D eigenvalue weighted by Crippen LogP contribution is 2.45. The number of benzene rings is 14. The third kappa shape index (κ3) is 10.7. The van der Waals surface area contributed by atoms with Crippen LogP contribution in [0.2, 0.25) is 0 Å². The van der Waals surface area contributed by atoms with Crippen LogP contribution in [0.1, 0.15) is 22.3 Å². The second kappa shape index (κ2) is 24.2. The van der Waals surface area contributed by atoms with Gasteiger partial charge in [-0.05, 0) is 178 Å². The van der Waals surface area contributed by atoms with Crippen molar-refractivity contribution >= 4 is 101 Å². The highest BCUT2D eigenvalue weighted by molar-refractivity contribution is 6.05. The molecule has 0 bridgehead atoms. The van der Waals surface area contributed by atoms with Gasteiger partial charge in [0.1, 0.15) is 0 Å². The summed E-state index contributed by atoms with van der Waals surface area (Å²) in [6, 6.07) is 131. The molecule has 0 heterocycles. The molecule has 0 saturated carbocycles. The van der Waals surface area contributed by atoms with Crippen LogP contribution in [-0.4, -0.2) is 0 Å². The van der Waals surface area contributed by atoms with E-state index in [0.29, 0.717) is 0 Å². The van der Waals surface area contributed by atoms with Crippen molar-refractivity contribution in [3.05, 3.63) is 386 Å². The quantitative estimate of drug-likeness (QED) is 0.0894. The Morgan fingerprint density at radius 3 is 0.674 bits per heavy atom. The standard InChI is InChI=1S/C82H60N4/c1-7-27-63(28-8-1)81(65-45-49-71(50-46-65)83(67-33-11-3-12-34-67)73-53-57-75(58-54-73)85(69-37-15-5-16-38-69)79-43-23-31-61-25-19-21-41-77(61)79)82(64-29-9-2-10-30-64)66-47-51-72(52-48-66)84(68-35-13-4-14-36-68)74-55-59-76(60-56-74)86(70-39-17-6-18-40-70)80-44-24-32-62-26-20-22-42-78(62)80/h1-60H/b82-81+. The van der Waals surface area contributed by atoms with Gasteiger partial charge in [-0.3, -0.25) is 0 Å². The molecule has 86 heavy (non-hydrogen) atoms. The molecule has 0 aliphatic carbocycles. The predicted octanol–water partition coefficient (Wildman–Crippen LogP) is 22.9. The van der Waals surface area contributed by atoms with Crippen LogP contribution in [0.4, 0.5) is 68.2 Å². The van der Waals surface area contributed by atoms with Gasteiger partial charge in [-0.1, -0.05) is 231 Å². The molecule has 14 aromatic carbocycles. The Balaban J connectivity index is 0.841. The summed E-state index contributed by atoms with van der Waals surface area (Å²) in [5.74, 6) is 0. The minimum Gasteiger partial charge on any atom is -0.311 e. The lowest BCUT2D eigenvalue weighted by Crippen LogP contribution is -2.12. The van der Waals surface area contributed by atoms with Gasteiger partial charge in [0.2, 0.25) is 0 Å². The lowest BCUT2D eigenvalue weighted by molar-refractivity contribution is 1.26. The Morgan fingerprint density at radius 2 is 0.360 bits per heavy atom. The molecule has 0 radical (unpaired) electrons. The molecule has 0 spiro atoms. The lowest BCUT2D eigenvalue weighted by Gasteiger charge is -2.29.